The van der Waals surface area contributed by atoms with E-state index in [1.54, 1.807) is 31.2 Å². The zero-order chi connectivity index (χ0) is 20.4. The molecule has 1 heterocycles. The van der Waals surface area contributed by atoms with Gasteiger partial charge in [-0.1, -0.05) is 23.7 Å². The minimum absolute atomic E-state index is 0.0667. The van der Waals surface area contributed by atoms with Crippen LogP contribution in [0.15, 0.2) is 42.5 Å². The Labute approximate surface area is 166 Å². The largest absolute Gasteiger partial charge is 0.449 e. The van der Waals surface area contributed by atoms with E-state index in [-0.39, 0.29) is 27.4 Å². The van der Waals surface area contributed by atoms with E-state index < -0.39 is 29.8 Å². The summed E-state index contributed by atoms with van der Waals surface area (Å²) in [5.41, 5.74) is 0.574. The zero-order valence-electron chi connectivity index (χ0n) is 15.2. The number of rotatable bonds is 5. The van der Waals surface area contributed by atoms with E-state index in [0.717, 1.165) is 4.90 Å². The maximum Gasteiger partial charge on any atom is 0.338 e. The molecule has 0 aliphatic carbocycles. The van der Waals surface area contributed by atoms with Crippen LogP contribution in [0, 0.1) is 0 Å². The number of amides is 3. The van der Waals surface area contributed by atoms with Gasteiger partial charge in [-0.2, -0.15) is 0 Å². The number of nitrogens with zero attached hydrogens (tertiary/aromatic N) is 1. The van der Waals surface area contributed by atoms with Crippen LogP contribution in [-0.2, 0) is 9.53 Å². The quantitative estimate of drug-likeness (QED) is 0.615. The highest BCUT2D eigenvalue weighted by Gasteiger charge is 2.38. The summed E-state index contributed by atoms with van der Waals surface area (Å²) in [5.74, 6) is -2.30. The van der Waals surface area contributed by atoms with Crippen LogP contribution in [-0.4, -0.2) is 36.3 Å². The molecule has 0 unspecified atom stereocenters. The molecular weight excluding hydrogens is 384 g/mol. The second-order valence-corrected chi connectivity index (χ2v) is 6.51. The van der Waals surface area contributed by atoms with Crippen molar-refractivity contribution >= 4 is 41.0 Å². The van der Waals surface area contributed by atoms with Crippen LogP contribution in [0.1, 0.15) is 44.9 Å². The third kappa shape index (κ3) is 3.48. The molecule has 0 bridgehead atoms. The SMILES string of the molecule is CCNC(=O)[C@H](C)OC(=O)c1ccc2c(c1)C(=O)N(c1ccccc1Cl)C2=O. The number of carbonyl (C=O) groups excluding carboxylic acids is 4. The van der Waals surface area contributed by atoms with E-state index in [2.05, 4.69) is 5.32 Å². The molecule has 2 aromatic carbocycles. The Hall–Kier alpha value is -3.19. The maximum atomic E-state index is 12.8. The van der Waals surface area contributed by atoms with Crippen LogP contribution in [0.25, 0.3) is 0 Å². The van der Waals surface area contributed by atoms with E-state index in [4.69, 9.17) is 16.3 Å². The number of halogens is 1. The van der Waals surface area contributed by atoms with E-state index in [1.807, 2.05) is 0 Å². The fourth-order valence-corrected chi connectivity index (χ4v) is 3.04. The average Bonchev–Trinajstić information content (AvgIpc) is 2.92. The Morgan fingerprint density at radius 2 is 1.79 bits per heavy atom. The van der Waals surface area contributed by atoms with E-state index >= 15 is 0 Å². The Morgan fingerprint density at radius 3 is 2.46 bits per heavy atom. The molecular formula is C20H17ClN2O5. The third-order valence-corrected chi connectivity index (χ3v) is 4.54. The Kier molecular flexibility index (Phi) is 5.46. The van der Waals surface area contributed by atoms with Gasteiger partial charge in [-0.3, -0.25) is 14.4 Å². The first-order valence-corrected chi connectivity index (χ1v) is 8.99. The van der Waals surface area contributed by atoms with Crippen LogP contribution in [0.4, 0.5) is 5.69 Å². The van der Waals surface area contributed by atoms with Crippen molar-refractivity contribution in [2.75, 3.05) is 11.4 Å². The molecule has 0 fully saturated rings. The fraction of sp³-hybridized carbons (Fsp3) is 0.200. The lowest BCUT2D eigenvalue weighted by Crippen LogP contribution is -2.35. The van der Waals surface area contributed by atoms with Gasteiger partial charge in [0.25, 0.3) is 17.7 Å². The van der Waals surface area contributed by atoms with Crippen LogP contribution in [0.3, 0.4) is 0 Å². The average molecular weight is 401 g/mol. The molecule has 2 aromatic rings. The standard InChI is InChI=1S/C20H17ClN2O5/c1-3-22-17(24)11(2)28-20(27)12-8-9-13-14(10-12)19(26)23(18(13)25)16-7-5-4-6-15(16)21/h4-11H,3H2,1-2H3,(H,22,24)/t11-/m0/s1. The summed E-state index contributed by atoms with van der Waals surface area (Å²) in [5, 5.41) is 2.81. The number of benzene rings is 2. The minimum atomic E-state index is -0.988. The summed E-state index contributed by atoms with van der Waals surface area (Å²) in [4.78, 5) is 50.5. The lowest BCUT2D eigenvalue weighted by atomic mass is 10.1. The molecule has 1 N–H and O–H groups in total. The summed E-state index contributed by atoms with van der Waals surface area (Å²) in [6.45, 7) is 3.61. The number of hydrogen-bond donors (Lipinski definition) is 1. The molecule has 144 valence electrons. The van der Waals surface area contributed by atoms with Gasteiger partial charge in [0.15, 0.2) is 6.10 Å². The van der Waals surface area contributed by atoms with Gasteiger partial charge in [0.05, 0.1) is 27.4 Å². The normalized spacial score (nSPS) is 13.9. The fourth-order valence-electron chi connectivity index (χ4n) is 2.82. The molecule has 1 atom stereocenters. The number of carbonyl (C=O) groups is 4. The van der Waals surface area contributed by atoms with Crippen molar-refractivity contribution in [3.63, 3.8) is 0 Å². The van der Waals surface area contributed by atoms with Gasteiger partial charge < -0.3 is 10.1 Å². The number of likely N-dealkylation sites (N-methyl/N-ethyl adjacent to an activating group) is 1. The van der Waals surface area contributed by atoms with E-state index in [1.165, 1.54) is 25.1 Å². The summed E-state index contributed by atoms with van der Waals surface area (Å²) in [7, 11) is 0. The van der Waals surface area contributed by atoms with Gasteiger partial charge in [0, 0.05) is 6.54 Å². The van der Waals surface area contributed by atoms with Crippen LogP contribution in [0.2, 0.25) is 5.02 Å². The monoisotopic (exact) mass is 400 g/mol. The number of ether oxygens (including phenoxy) is 1. The number of nitrogens with one attached hydrogen (secondary N) is 1. The number of fused-ring (bicyclic) bond motifs is 1. The summed E-state index contributed by atoms with van der Waals surface area (Å²) in [6.07, 6.45) is -0.988. The lowest BCUT2D eigenvalue weighted by Gasteiger charge is -2.15. The predicted molar refractivity (Wildman–Crippen MR) is 103 cm³/mol. The molecule has 1 aliphatic rings. The molecule has 0 saturated carbocycles. The molecule has 0 spiro atoms. The topological polar surface area (TPSA) is 92.8 Å². The second kappa shape index (κ2) is 7.82. The number of imide groups is 1. The molecule has 7 nitrogen and oxygen atoms in total. The molecule has 3 rings (SSSR count). The highest BCUT2D eigenvalue weighted by atomic mass is 35.5. The van der Waals surface area contributed by atoms with Crippen molar-refractivity contribution in [2.24, 2.45) is 0 Å². The van der Waals surface area contributed by atoms with Crippen LogP contribution < -0.4 is 10.2 Å². The van der Waals surface area contributed by atoms with Gasteiger partial charge in [0.2, 0.25) is 0 Å². The summed E-state index contributed by atoms with van der Waals surface area (Å²) >= 11 is 6.11. The first-order chi connectivity index (χ1) is 13.3. The van der Waals surface area contributed by atoms with Crippen molar-refractivity contribution < 1.29 is 23.9 Å². The van der Waals surface area contributed by atoms with E-state index in [9.17, 15) is 19.2 Å². The van der Waals surface area contributed by atoms with Gasteiger partial charge >= 0.3 is 5.97 Å². The third-order valence-electron chi connectivity index (χ3n) is 4.22. The van der Waals surface area contributed by atoms with Gasteiger partial charge in [-0.15, -0.1) is 0 Å². The number of hydrogen-bond acceptors (Lipinski definition) is 5. The van der Waals surface area contributed by atoms with Crippen molar-refractivity contribution in [3.8, 4) is 0 Å². The minimum Gasteiger partial charge on any atom is -0.449 e. The van der Waals surface area contributed by atoms with Crippen LogP contribution >= 0.6 is 11.6 Å². The molecule has 3 amide bonds. The van der Waals surface area contributed by atoms with Crippen molar-refractivity contribution in [1.82, 2.24) is 5.32 Å². The molecule has 0 radical (unpaired) electrons. The number of esters is 1. The Bertz CT molecular complexity index is 988. The lowest BCUT2D eigenvalue weighted by molar-refractivity contribution is -0.128. The molecule has 1 aliphatic heterocycles. The summed E-state index contributed by atoms with van der Waals surface area (Å²) in [6, 6.07) is 10.6. The first-order valence-electron chi connectivity index (χ1n) is 8.61. The van der Waals surface area contributed by atoms with Gasteiger partial charge in [-0.25, -0.2) is 9.69 Å². The van der Waals surface area contributed by atoms with Crippen LogP contribution in [0.5, 0.6) is 0 Å². The maximum absolute atomic E-state index is 12.8. The van der Waals surface area contributed by atoms with E-state index in [0.29, 0.717) is 6.54 Å². The Morgan fingerprint density at radius 1 is 1.11 bits per heavy atom. The molecule has 28 heavy (non-hydrogen) atoms. The number of anilines is 1. The first kappa shape index (κ1) is 19.6. The Balaban J connectivity index is 1.87. The van der Waals surface area contributed by atoms with Crippen molar-refractivity contribution in [2.45, 2.75) is 20.0 Å². The zero-order valence-corrected chi connectivity index (χ0v) is 15.9. The molecule has 0 aromatic heterocycles. The predicted octanol–water partition coefficient (Wildman–Crippen LogP) is 2.82. The smallest absolute Gasteiger partial charge is 0.338 e. The highest BCUT2D eigenvalue weighted by Crippen LogP contribution is 2.33. The second-order valence-electron chi connectivity index (χ2n) is 6.10. The van der Waals surface area contributed by atoms with Gasteiger partial charge in [0.1, 0.15) is 0 Å². The van der Waals surface area contributed by atoms with Crippen molar-refractivity contribution in [3.05, 3.63) is 64.2 Å². The van der Waals surface area contributed by atoms with Crippen molar-refractivity contribution in [1.29, 1.82) is 0 Å². The molecule has 0 saturated heterocycles. The summed E-state index contributed by atoms with van der Waals surface area (Å²) < 4.78 is 5.12. The molecule has 8 heteroatoms. The number of para-hydroxylation sites is 1. The van der Waals surface area contributed by atoms with Gasteiger partial charge in [-0.05, 0) is 44.2 Å². The highest BCUT2D eigenvalue weighted by molar-refractivity contribution is 6.39.